The number of benzene rings is 2. The normalized spacial score (nSPS) is 11.7. The molecule has 8 heteroatoms. The van der Waals surface area contributed by atoms with Gasteiger partial charge < -0.3 is 9.26 Å². The minimum absolute atomic E-state index is 0.00365. The summed E-state index contributed by atoms with van der Waals surface area (Å²) in [6, 6.07) is 13.9. The first-order valence-corrected chi connectivity index (χ1v) is 9.34. The van der Waals surface area contributed by atoms with E-state index in [1.165, 1.54) is 11.4 Å². The van der Waals surface area contributed by atoms with Crippen LogP contribution < -0.4 is 4.74 Å². The van der Waals surface area contributed by atoms with Gasteiger partial charge in [0.1, 0.15) is 5.75 Å². The van der Waals surface area contributed by atoms with Crippen LogP contribution in [0.25, 0.3) is 11.5 Å². The summed E-state index contributed by atoms with van der Waals surface area (Å²) in [5.74, 6) is 1.25. The molecule has 1 heterocycles. The number of aromatic nitrogens is 2. The van der Waals surface area contributed by atoms with Gasteiger partial charge in [0.25, 0.3) is 5.89 Å². The van der Waals surface area contributed by atoms with E-state index in [2.05, 4.69) is 10.1 Å². The van der Waals surface area contributed by atoms with Gasteiger partial charge in [0, 0.05) is 12.6 Å². The molecular weight excluding hydrogens is 354 g/mol. The van der Waals surface area contributed by atoms with E-state index < -0.39 is 10.0 Å². The summed E-state index contributed by atoms with van der Waals surface area (Å²) in [6.07, 6.45) is 0. The first-order valence-electron chi connectivity index (χ1n) is 7.90. The number of methoxy groups -OCH3 is 1. The molecule has 2 aromatic carbocycles. The van der Waals surface area contributed by atoms with Gasteiger partial charge in [-0.2, -0.15) is 9.29 Å². The van der Waals surface area contributed by atoms with Crippen LogP contribution in [-0.4, -0.2) is 37.0 Å². The summed E-state index contributed by atoms with van der Waals surface area (Å²) in [5, 5.41) is 3.88. The highest BCUT2D eigenvalue weighted by Crippen LogP contribution is 2.23. The van der Waals surface area contributed by atoms with E-state index in [1.54, 1.807) is 37.4 Å². The van der Waals surface area contributed by atoms with Crippen LogP contribution in [0.2, 0.25) is 0 Å². The lowest BCUT2D eigenvalue weighted by Crippen LogP contribution is -2.27. The van der Waals surface area contributed by atoms with Crippen LogP contribution in [0.4, 0.5) is 0 Å². The number of hydrogen-bond donors (Lipinski definition) is 0. The number of rotatable bonds is 6. The second-order valence-corrected chi connectivity index (χ2v) is 7.87. The van der Waals surface area contributed by atoms with E-state index in [-0.39, 0.29) is 17.3 Å². The van der Waals surface area contributed by atoms with Crippen LogP contribution in [0.15, 0.2) is 57.9 Å². The average Bonchev–Trinajstić information content (AvgIpc) is 3.10. The van der Waals surface area contributed by atoms with Gasteiger partial charge in [-0.05, 0) is 37.3 Å². The number of hydrogen-bond acceptors (Lipinski definition) is 6. The Morgan fingerprint density at radius 3 is 2.58 bits per heavy atom. The van der Waals surface area contributed by atoms with Crippen LogP contribution in [0.3, 0.4) is 0 Å². The molecule has 0 aliphatic carbocycles. The van der Waals surface area contributed by atoms with Crippen molar-refractivity contribution >= 4 is 10.0 Å². The number of nitrogens with zero attached hydrogens (tertiary/aromatic N) is 3. The van der Waals surface area contributed by atoms with Gasteiger partial charge >= 0.3 is 0 Å². The van der Waals surface area contributed by atoms with E-state index >= 15 is 0 Å². The molecule has 0 amide bonds. The van der Waals surface area contributed by atoms with Crippen molar-refractivity contribution in [3.05, 3.63) is 59.9 Å². The quantitative estimate of drug-likeness (QED) is 0.660. The van der Waals surface area contributed by atoms with Crippen molar-refractivity contribution in [3.8, 4) is 17.2 Å². The fourth-order valence-electron chi connectivity index (χ4n) is 2.37. The van der Waals surface area contributed by atoms with Crippen LogP contribution in [-0.2, 0) is 16.6 Å². The Balaban J connectivity index is 1.79. The molecule has 0 saturated heterocycles. The second kappa shape index (κ2) is 7.27. The Morgan fingerprint density at radius 1 is 1.15 bits per heavy atom. The van der Waals surface area contributed by atoms with E-state index in [0.717, 1.165) is 5.56 Å². The fraction of sp³-hybridized carbons (Fsp3) is 0.222. The molecule has 7 nitrogen and oxygen atoms in total. The van der Waals surface area contributed by atoms with E-state index in [9.17, 15) is 8.42 Å². The van der Waals surface area contributed by atoms with Crippen molar-refractivity contribution in [1.82, 2.24) is 14.4 Å². The Bertz CT molecular complexity index is 997. The van der Waals surface area contributed by atoms with Crippen molar-refractivity contribution in [2.45, 2.75) is 18.4 Å². The van der Waals surface area contributed by atoms with Crippen molar-refractivity contribution in [1.29, 1.82) is 0 Å². The van der Waals surface area contributed by atoms with Crippen LogP contribution in [0.1, 0.15) is 11.4 Å². The molecule has 3 aromatic rings. The molecule has 0 spiro atoms. The molecule has 0 aliphatic rings. The zero-order chi connectivity index (χ0) is 18.7. The summed E-state index contributed by atoms with van der Waals surface area (Å²) >= 11 is 0. The van der Waals surface area contributed by atoms with Gasteiger partial charge in [-0.15, -0.1) is 0 Å². The van der Waals surface area contributed by atoms with Gasteiger partial charge in [-0.3, -0.25) is 0 Å². The lowest BCUT2D eigenvalue weighted by Gasteiger charge is -2.15. The third-order valence-electron chi connectivity index (χ3n) is 3.88. The van der Waals surface area contributed by atoms with Crippen LogP contribution >= 0.6 is 0 Å². The molecular formula is C18H19N3O4S. The summed E-state index contributed by atoms with van der Waals surface area (Å²) in [4.78, 5) is 4.50. The summed E-state index contributed by atoms with van der Waals surface area (Å²) in [7, 11) is -0.573. The zero-order valence-electron chi connectivity index (χ0n) is 14.7. The molecule has 0 radical (unpaired) electrons. The Morgan fingerprint density at radius 2 is 1.88 bits per heavy atom. The standard InChI is InChI=1S/C18H19N3O4S/c1-13-7-9-16(10-8-13)26(22,23)21(2)12-17-19-18(25-20-17)14-5-4-6-15(11-14)24-3/h4-11H,12H2,1-3H3. The third-order valence-corrected chi connectivity index (χ3v) is 5.70. The summed E-state index contributed by atoms with van der Waals surface area (Å²) in [5.41, 5.74) is 1.69. The van der Waals surface area contributed by atoms with Gasteiger partial charge in [0.15, 0.2) is 5.82 Å². The van der Waals surface area contributed by atoms with Crippen molar-refractivity contribution in [2.24, 2.45) is 0 Å². The molecule has 0 aliphatic heterocycles. The highest BCUT2D eigenvalue weighted by atomic mass is 32.2. The SMILES string of the molecule is COc1cccc(-c2nc(CN(C)S(=O)(=O)c3ccc(C)cc3)no2)c1. The van der Waals surface area contributed by atoms with Gasteiger partial charge in [-0.25, -0.2) is 8.42 Å². The monoisotopic (exact) mass is 373 g/mol. The minimum atomic E-state index is -3.63. The van der Waals surface area contributed by atoms with Crippen LogP contribution in [0.5, 0.6) is 5.75 Å². The lowest BCUT2D eigenvalue weighted by molar-refractivity contribution is 0.401. The summed E-state index contributed by atoms with van der Waals surface area (Å²) < 4.78 is 36.9. The van der Waals surface area contributed by atoms with Crippen molar-refractivity contribution < 1.29 is 17.7 Å². The largest absolute Gasteiger partial charge is 0.497 e. The molecule has 0 N–H and O–H groups in total. The highest BCUT2D eigenvalue weighted by molar-refractivity contribution is 7.89. The van der Waals surface area contributed by atoms with Crippen LogP contribution in [0, 0.1) is 6.92 Å². The molecule has 0 atom stereocenters. The smallest absolute Gasteiger partial charge is 0.258 e. The first-order chi connectivity index (χ1) is 12.4. The predicted molar refractivity (Wildman–Crippen MR) is 96.1 cm³/mol. The Hall–Kier alpha value is -2.71. The molecule has 136 valence electrons. The van der Waals surface area contributed by atoms with E-state index in [0.29, 0.717) is 17.2 Å². The lowest BCUT2D eigenvalue weighted by atomic mass is 10.2. The average molecular weight is 373 g/mol. The van der Waals surface area contributed by atoms with Gasteiger partial charge in [0.05, 0.1) is 18.6 Å². The van der Waals surface area contributed by atoms with Gasteiger partial charge in [0.2, 0.25) is 10.0 Å². The number of ether oxygens (including phenoxy) is 1. The number of sulfonamides is 1. The maximum absolute atomic E-state index is 12.6. The third kappa shape index (κ3) is 3.76. The second-order valence-electron chi connectivity index (χ2n) is 5.82. The first kappa shape index (κ1) is 18.1. The van der Waals surface area contributed by atoms with Crippen molar-refractivity contribution in [2.75, 3.05) is 14.2 Å². The molecule has 3 rings (SSSR count). The van der Waals surface area contributed by atoms with E-state index in [4.69, 9.17) is 9.26 Å². The Labute approximate surface area is 152 Å². The predicted octanol–water partition coefficient (Wildman–Crippen LogP) is 2.87. The maximum atomic E-state index is 12.6. The topological polar surface area (TPSA) is 85.5 Å². The maximum Gasteiger partial charge on any atom is 0.258 e. The van der Waals surface area contributed by atoms with E-state index in [1.807, 2.05) is 25.1 Å². The molecule has 0 unspecified atom stereocenters. The fourth-order valence-corrected chi connectivity index (χ4v) is 3.49. The molecule has 0 bridgehead atoms. The number of aryl methyl sites for hydroxylation is 1. The zero-order valence-corrected chi connectivity index (χ0v) is 15.5. The molecule has 0 saturated carbocycles. The summed E-state index contributed by atoms with van der Waals surface area (Å²) in [6.45, 7) is 1.91. The Kier molecular flexibility index (Phi) is 5.06. The van der Waals surface area contributed by atoms with Gasteiger partial charge in [-0.1, -0.05) is 28.9 Å². The van der Waals surface area contributed by atoms with Crippen molar-refractivity contribution in [3.63, 3.8) is 0 Å². The highest BCUT2D eigenvalue weighted by Gasteiger charge is 2.23. The molecule has 0 fully saturated rings. The molecule has 1 aromatic heterocycles. The molecule has 26 heavy (non-hydrogen) atoms. The minimum Gasteiger partial charge on any atom is -0.497 e.